The second kappa shape index (κ2) is 10.8. The molecule has 1 amide bonds. The van der Waals surface area contributed by atoms with Gasteiger partial charge in [0.15, 0.2) is 23.3 Å². The van der Waals surface area contributed by atoms with Crippen LogP contribution in [0.4, 0.5) is 10.2 Å². The predicted octanol–water partition coefficient (Wildman–Crippen LogP) is 3.66. The molecule has 2 heterocycles. The van der Waals surface area contributed by atoms with Gasteiger partial charge >= 0.3 is 0 Å². The Kier molecular flexibility index (Phi) is 8.11. The minimum absolute atomic E-state index is 0.0259. The van der Waals surface area contributed by atoms with Gasteiger partial charge in [-0.25, -0.2) is 4.39 Å². The molecule has 4 N–H and O–H groups in total. The van der Waals surface area contributed by atoms with Crippen molar-refractivity contribution in [2.45, 2.75) is 39.0 Å². The fourth-order valence-electron chi connectivity index (χ4n) is 3.24. The summed E-state index contributed by atoms with van der Waals surface area (Å²) in [6.07, 6.45) is 2.45. The third kappa shape index (κ3) is 6.34. The number of carbonyl (C=O) groups excluding carboxylic acids is 1. The summed E-state index contributed by atoms with van der Waals surface area (Å²) in [6.45, 7) is 3.56. The van der Waals surface area contributed by atoms with Crippen LogP contribution in [0, 0.1) is 11.7 Å². The molecule has 0 saturated carbocycles. The number of aliphatic hydroxyl groups is 2. The van der Waals surface area contributed by atoms with E-state index >= 15 is 0 Å². The van der Waals surface area contributed by atoms with Crippen molar-refractivity contribution in [1.29, 1.82) is 0 Å². The zero-order valence-electron chi connectivity index (χ0n) is 18.2. The number of carbonyl (C=O) groups is 1. The standard InChI is InChI=1S/C22H26BrFN4O5/c1-13(2)8-17(22(32)25-19-6-7-27(26-19)10-14(30)12-29)28-11-15(9-20(28)31)33-18-5-3-4-16(23)21(18)24/h3-7,9,11,13-14,17,29-31H,8,10,12H2,1-2H3,(H,25,26,32)/t14-,17+/m1/s1. The summed E-state index contributed by atoms with van der Waals surface area (Å²) < 4.78 is 22.8. The molecule has 3 rings (SSSR count). The van der Waals surface area contributed by atoms with Gasteiger partial charge in [-0.2, -0.15) is 5.10 Å². The molecular formula is C22H26BrFN4O5. The van der Waals surface area contributed by atoms with Crippen LogP contribution >= 0.6 is 15.9 Å². The maximum Gasteiger partial charge on any atom is 0.248 e. The average molecular weight is 525 g/mol. The van der Waals surface area contributed by atoms with Crippen LogP contribution in [0.5, 0.6) is 17.4 Å². The number of aromatic nitrogens is 3. The Bertz CT molecular complexity index is 1100. The Balaban J connectivity index is 1.79. The van der Waals surface area contributed by atoms with Crippen molar-refractivity contribution in [1.82, 2.24) is 14.3 Å². The van der Waals surface area contributed by atoms with E-state index in [9.17, 15) is 19.4 Å². The Morgan fingerprint density at radius 3 is 2.79 bits per heavy atom. The van der Waals surface area contributed by atoms with Crippen LogP contribution in [0.15, 0.2) is 47.2 Å². The first-order valence-electron chi connectivity index (χ1n) is 10.3. The smallest absolute Gasteiger partial charge is 0.248 e. The first kappa shape index (κ1) is 24.7. The summed E-state index contributed by atoms with van der Waals surface area (Å²) >= 11 is 3.10. The second-order valence-corrected chi connectivity index (χ2v) is 8.84. The highest BCUT2D eigenvalue weighted by Crippen LogP contribution is 2.34. The maximum absolute atomic E-state index is 14.3. The van der Waals surface area contributed by atoms with Gasteiger partial charge in [0.2, 0.25) is 5.91 Å². The second-order valence-electron chi connectivity index (χ2n) is 7.99. The summed E-state index contributed by atoms with van der Waals surface area (Å²) in [7, 11) is 0. The first-order chi connectivity index (χ1) is 15.7. The van der Waals surface area contributed by atoms with Gasteiger partial charge in [-0.3, -0.25) is 9.48 Å². The first-order valence-corrected chi connectivity index (χ1v) is 11.1. The molecule has 178 valence electrons. The molecule has 3 aromatic rings. The van der Waals surface area contributed by atoms with E-state index in [2.05, 4.69) is 26.3 Å². The molecule has 33 heavy (non-hydrogen) atoms. The highest BCUT2D eigenvalue weighted by Gasteiger charge is 2.26. The van der Waals surface area contributed by atoms with E-state index in [0.29, 0.717) is 6.42 Å². The molecule has 0 unspecified atom stereocenters. The Morgan fingerprint density at radius 2 is 2.09 bits per heavy atom. The lowest BCUT2D eigenvalue weighted by atomic mass is 10.0. The van der Waals surface area contributed by atoms with Crippen LogP contribution in [0.25, 0.3) is 0 Å². The molecule has 0 aliphatic heterocycles. The van der Waals surface area contributed by atoms with Gasteiger partial charge in [0.25, 0.3) is 0 Å². The highest BCUT2D eigenvalue weighted by atomic mass is 79.9. The van der Waals surface area contributed by atoms with Crippen molar-refractivity contribution in [3.63, 3.8) is 0 Å². The average Bonchev–Trinajstić information content (AvgIpc) is 3.35. The number of ether oxygens (including phenoxy) is 1. The van der Waals surface area contributed by atoms with Crippen molar-refractivity contribution < 1.29 is 29.2 Å². The number of aliphatic hydroxyl groups excluding tert-OH is 2. The number of amides is 1. The quantitative estimate of drug-likeness (QED) is 0.321. The van der Waals surface area contributed by atoms with E-state index in [1.807, 2.05) is 13.8 Å². The van der Waals surface area contributed by atoms with E-state index in [0.717, 1.165) is 0 Å². The summed E-state index contributed by atoms with van der Waals surface area (Å²) in [5.74, 6) is -0.677. The molecule has 2 aromatic heterocycles. The van der Waals surface area contributed by atoms with Crippen LogP contribution < -0.4 is 10.1 Å². The molecule has 0 radical (unpaired) electrons. The number of anilines is 1. The van der Waals surface area contributed by atoms with E-state index in [1.54, 1.807) is 24.4 Å². The van der Waals surface area contributed by atoms with Gasteiger partial charge in [0.05, 0.1) is 29.9 Å². The summed E-state index contributed by atoms with van der Waals surface area (Å²) in [5.41, 5.74) is 0. The summed E-state index contributed by atoms with van der Waals surface area (Å²) in [6, 6.07) is 6.70. The van der Waals surface area contributed by atoms with Crippen LogP contribution in [0.2, 0.25) is 0 Å². The Morgan fingerprint density at radius 1 is 1.33 bits per heavy atom. The zero-order chi connectivity index (χ0) is 24.1. The zero-order valence-corrected chi connectivity index (χ0v) is 19.7. The topological polar surface area (TPSA) is 122 Å². The highest BCUT2D eigenvalue weighted by molar-refractivity contribution is 9.10. The predicted molar refractivity (Wildman–Crippen MR) is 123 cm³/mol. The number of hydrogen-bond acceptors (Lipinski definition) is 6. The molecule has 0 aliphatic rings. The molecule has 1 aromatic carbocycles. The minimum atomic E-state index is -0.965. The van der Waals surface area contributed by atoms with Crippen LogP contribution in [0.3, 0.4) is 0 Å². The van der Waals surface area contributed by atoms with Crippen molar-refractivity contribution >= 4 is 27.7 Å². The van der Waals surface area contributed by atoms with Crippen molar-refractivity contribution in [3.8, 4) is 17.4 Å². The monoisotopic (exact) mass is 524 g/mol. The molecule has 0 aliphatic carbocycles. The lowest BCUT2D eigenvalue weighted by molar-refractivity contribution is -0.119. The van der Waals surface area contributed by atoms with Gasteiger partial charge in [0, 0.05) is 18.3 Å². The van der Waals surface area contributed by atoms with Gasteiger partial charge in [-0.05, 0) is 40.4 Å². The van der Waals surface area contributed by atoms with Crippen LogP contribution in [0.1, 0.15) is 26.3 Å². The molecule has 9 nitrogen and oxygen atoms in total. The summed E-state index contributed by atoms with van der Waals surface area (Å²) in [5, 5.41) is 35.9. The minimum Gasteiger partial charge on any atom is -0.494 e. The third-order valence-electron chi connectivity index (χ3n) is 4.78. The SMILES string of the molecule is CC(C)C[C@@H](C(=O)Nc1ccn(C[C@@H](O)CO)n1)n1cc(Oc2cccc(Br)c2F)cc1O. The van der Waals surface area contributed by atoms with E-state index in [-0.39, 0.29) is 40.1 Å². The lowest BCUT2D eigenvalue weighted by Gasteiger charge is -2.20. The fourth-order valence-corrected chi connectivity index (χ4v) is 3.59. The summed E-state index contributed by atoms with van der Waals surface area (Å²) in [4.78, 5) is 13.1. The molecular weight excluding hydrogens is 499 g/mol. The number of rotatable bonds is 10. The number of nitrogens with zero attached hydrogens (tertiary/aromatic N) is 3. The van der Waals surface area contributed by atoms with Crippen molar-refractivity contribution in [2.75, 3.05) is 11.9 Å². The van der Waals surface area contributed by atoms with Gasteiger partial charge in [-0.1, -0.05) is 19.9 Å². The Hall–Kier alpha value is -2.89. The van der Waals surface area contributed by atoms with Crippen LogP contribution in [-0.2, 0) is 11.3 Å². The van der Waals surface area contributed by atoms with Gasteiger partial charge in [0.1, 0.15) is 11.8 Å². The number of aromatic hydroxyl groups is 1. The van der Waals surface area contributed by atoms with E-state index in [4.69, 9.17) is 9.84 Å². The molecule has 2 atom stereocenters. The third-order valence-corrected chi connectivity index (χ3v) is 5.39. The van der Waals surface area contributed by atoms with Gasteiger partial charge in [-0.15, -0.1) is 0 Å². The van der Waals surface area contributed by atoms with E-state index < -0.39 is 30.5 Å². The molecule has 0 bridgehead atoms. The molecule has 0 fully saturated rings. The molecule has 0 saturated heterocycles. The number of halogens is 2. The van der Waals surface area contributed by atoms with Gasteiger partial charge < -0.3 is 29.9 Å². The van der Waals surface area contributed by atoms with E-state index in [1.165, 1.54) is 27.6 Å². The van der Waals surface area contributed by atoms with Crippen molar-refractivity contribution in [2.24, 2.45) is 5.92 Å². The molecule has 0 spiro atoms. The van der Waals surface area contributed by atoms with Crippen LogP contribution in [-0.4, -0.2) is 48.3 Å². The Labute approximate surface area is 198 Å². The normalized spacial score (nSPS) is 13.2. The fraction of sp³-hybridized carbons (Fsp3) is 0.364. The largest absolute Gasteiger partial charge is 0.494 e. The number of hydrogen-bond donors (Lipinski definition) is 4. The number of nitrogens with one attached hydrogen (secondary N) is 1. The number of benzene rings is 1. The molecule has 11 heteroatoms. The lowest BCUT2D eigenvalue weighted by Crippen LogP contribution is -2.27. The maximum atomic E-state index is 14.3. The van der Waals surface area contributed by atoms with Crippen molar-refractivity contribution in [3.05, 3.63) is 53.0 Å².